The summed E-state index contributed by atoms with van der Waals surface area (Å²) in [6, 6.07) is 5.06. The molecule has 1 heterocycles. The maximum absolute atomic E-state index is 12.4. The summed E-state index contributed by atoms with van der Waals surface area (Å²) in [6.07, 6.45) is -2.88. The number of nitrogen functional groups attached to an aromatic ring is 1. The van der Waals surface area contributed by atoms with Crippen molar-refractivity contribution in [1.82, 2.24) is 4.98 Å². The second kappa shape index (κ2) is 3.12. The highest BCUT2D eigenvalue weighted by molar-refractivity contribution is 5.89. The molecule has 5 heteroatoms. The van der Waals surface area contributed by atoms with E-state index in [4.69, 9.17) is 5.73 Å². The minimum Gasteiger partial charge on any atom is -0.397 e. The van der Waals surface area contributed by atoms with Crippen molar-refractivity contribution < 1.29 is 13.2 Å². The van der Waals surface area contributed by atoms with E-state index in [9.17, 15) is 13.2 Å². The largest absolute Gasteiger partial charge is 0.416 e. The van der Waals surface area contributed by atoms with Gasteiger partial charge in [-0.2, -0.15) is 13.2 Å². The van der Waals surface area contributed by atoms with Crippen LogP contribution in [0.2, 0.25) is 0 Å². The summed E-state index contributed by atoms with van der Waals surface area (Å²) in [5, 5.41) is 0.393. The van der Waals surface area contributed by atoms with Crippen LogP contribution in [-0.2, 0) is 6.18 Å². The van der Waals surface area contributed by atoms with E-state index in [1.807, 2.05) is 0 Å². The van der Waals surface area contributed by atoms with E-state index in [0.29, 0.717) is 10.9 Å². The first-order chi connectivity index (χ1) is 6.98. The molecule has 0 saturated heterocycles. The molecular weight excluding hydrogens is 205 g/mol. The van der Waals surface area contributed by atoms with Crippen LogP contribution in [0.15, 0.2) is 30.5 Å². The van der Waals surface area contributed by atoms with Gasteiger partial charge in [0.25, 0.3) is 0 Å². The van der Waals surface area contributed by atoms with Crippen molar-refractivity contribution in [2.24, 2.45) is 0 Å². The number of nitrogens with two attached hydrogens (primary N) is 1. The molecule has 0 radical (unpaired) electrons. The summed E-state index contributed by atoms with van der Waals surface area (Å²) in [4.78, 5) is 3.91. The molecule has 15 heavy (non-hydrogen) atoms. The fourth-order valence-corrected chi connectivity index (χ4v) is 1.38. The highest BCUT2D eigenvalue weighted by atomic mass is 19.4. The number of hydrogen-bond acceptors (Lipinski definition) is 2. The molecule has 0 unspecified atom stereocenters. The molecule has 0 aliphatic rings. The van der Waals surface area contributed by atoms with Gasteiger partial charge in [-0.1, -0.05) is 6.07 Å². The monoisotopic (exact) mass is 212 g/mol. The smallest absolute Gasteiger partial charge is 0.397 e. The Bertz CT molecular complexity index is 505. The van der Waals surface area contributed by atoms with Crippen LogP contribution < -0.4 is 5.73 Å². The van der Waals surface area contributed by atoms with Crippen LogP contribution >= 0.6 is 0 Å². The lowest BCUT2D eigenvalue weighted by Crippen LogP contribution is -2.06. The van der Waals surface area contributed by atoms with Gasteiger partial charge in [0.2, 0.25) is 0 Å². The molecule has 0 saturated carbocycles. The summed E-state index contributed by atoms with van der Waals surface area (Å²) in [7, 11) is 0. The molecule has 78 valence electrons. The highest BCUT2D eigenvalue weighted by Crippen LogP contribution is 2.33. The van der Waals surface area contributed by atoms with Crippen molar-refractivity contribution >= 4 is 16.6 Å². The molecule has 0 aliphatic carbocycles. The van der Waals surface area contributed by atoms with E-state index in [1.54, 1.807) is 12.1 Å². The lowest BCUT2D eigenvalue weighted by Gasteiger charge is -2.09. The summed E-state index contributed by atoms with van der Waals surface area (Å²) < 4.78 is 37.3. The number of halogens is 3. The molecule has 2 N–H and O–H groups in total. The molecular formula is C10H7F3N2. The molecule has 1 aromatic carbocycles. The van der Waals surface area contributed by atoms with Crippen LogP contribution in [0.3, 0.4) is 0 Å². The van der Waals surface area contributed by atoms with Crippen LogP contribution in [0.5, 0.6) is 0 Å². The first-order valence-electron chi connectivity index (χ1n) is 4.20. The third kappa shape index (κ3) is 1.72. The number of aromatic nitrogens is 1. The Kier molecular flexibility index (Phi) is 2.03. The third-order valence-corrected chi connectivity index (χ3v) is 2.06. The van der Waals surface area contributed by atoms with Crippen molar-refractivity contribution in [3.63, 3.8) is 0 Å². The number of alkyl halides is 3. The Morgan fingerprint density at radius 1 is 1.20 bits per heavy atom. The van der Waals surface area contributed by atoms with Gasteiger partial charge in [0.1, 0.15) is 0 Å². The van der Waals surface area contributed by atoms with E-state index < -0.39 is 11.7 Å². The maximum atomic E-state index is 12.4. The normalized spacial score (nSPS) is 11.9. The quantitative estimate of drug-likeness (QED) is 0.682. The van der Waals surface area contributed by atoms with Crippen LogP contribution in [0.1, 0.15) is 5.56 Å². The average molecular weight is 212 g/mol. The van der Waals surface area contributed by atoms with Gasteiger partial charge in [-0.15, -0.1) is 0 Å². The standard InChI is InChI=1S/C10H7F3N2/c11-10(12,13)7-4-6-2-1-3-15-9(6)8(14)5-7/h1-5H,14H2. The SMILES string of the molecule is Nc1cc(C(F)(F)F)cc2cccnc12. The molecule has 0 aliphatic heterocycles. The van der Waals surface area contributed by atoms with Crippen molar-refractivity contribution in [3.05, 3.63) is 36.0 Å². The van der Waals surface area contributed by atoms with Gasteiger partial charge in [-0.25, -0.2) is 0 Å². The Morgan fingerprint density at radius 3 is 2.60 bits per heavy atom. The van der Waals surface area contributed by atoms with Crippen LogP contribution in [0.25, 0.3) is 10.9 Å². The van der Waals surface area contributed by atoms with Crippen molar-refractivity contribution in [2.75, 3.05) is 5.73 Å². The second-order valence-corrected chi connectivity index (χ2v) is 3.14. The van der Waals surface area contributed by atoms with Gasteiger partial charge >= 0.3 is 6.18 Å². The third-order valence-electron chi connectivity index (χ3n) is 2.06. The zero-order chi connectivity index (χ0) is 11.1. The number of nitrogens with zero attached hydrogens (tertiary/aromatic N) is 1. The van der Waals surface area contributed by atoms with Gasteiger partial charge in [0.05, 0.1) is 16.8 Å². The molecule has 0 atom stereocenters. The minimum atomic E-state index is -4.38. The van der Waals surface area contributed by atoms with Crippen LogP contribution in [-0.4, -0.2) is 4.98 Å². The van der Waals surface area contributed by atoms with Gasteiger partial charge in [-0.3, -0.25) is 4.98 Å². The van der Waals surface area contributed by atoms with E-state index in [2.05, 4.69) is 4.98 Å². The summed E-state index contributed by atoms with van der Waals surface area (Å²) in [5.41, 5.74) is 5.18. The highest BCUT2D eigenvalue weighted by Gasteiger charge is 2.31. The van der Waals surface area contributed by atoms with E-state index in [-0.39, 0.29) is 5.69 Å². The molecule has 0 spiro atoms. The van der Waals surface area contributed by atoms with Crippen LogP contribution in [0.4, 0.5) is 18.9 Å². The first-order valence-corrected chi connectivity index (χ1v) is 4.20. The molecule has 0 fully saturated rings. The number of benzene rings is 1. The van der Waals surface area contributed by atoms with E-state index >= 15 is 0 Å². The summed E-state index contributed by atoms with van der Waals surface area (Å²) >= 11 is 0. The zero-order valence-electron chi connectivity index (χ0n) is 7.55. The number of pyridine rings is 1. The van der Waals surface area contributed by atoms with Gasteiger partial charge < -0.3 is 5.73 Å². The Morgan fingerprint density at radius 2 is 1.93 bits per heavy atom. The predicted octanol–water partition coefficient (Wildman–Crippen LogP) is 2.84. The molecule has 2 aromatic rings. The van der Waals surface area contributed by atoms with E-state index in [0.717, 1.165) is 12.1 Å². The Balaban J connectivity index is 2.73. The fraction of sp³-hybridized carbons (Fsp3) is 0.100. The summed E-state index contributed by atoms with van der Waals surface area (Å²) in [6.45, 7) is 0. The predicted molar refractivity (Wildman–Crippen MR) is 51.2 cm³/mol. The fourth-order valence-electron chi connectivity index (χ4n) is 1.38. The first kappa shape index (κ1) is 9.76. The molecule has 2 nitrogen and oxygen atoms in total. The van der Waals surface area contributed by atoms with Gasteiger partial charge in [0.15, 0.2) is 0 Å². The molecule has 0 bridgehead atoms. The Labute approximate surface area is 83.5 Å². The Hall–Kier alpha value is -1.78. The minimum absolute atomic E-state index is 0.0421. The number of rotatable bonds is 0. The van der Waals surface area contributed by atoms with Crippen LogP contribution in [0, 0.1) is 0 Å². The van der Waals surface area contributed by atoms with Gasteiger partial charge in [-0.05, 0) is 18.2 Å². The number of fused-ring (bicyclic) bond motifs is 1. The lowest BCUT2D eigenvalue weighted by molar-refractivity contribution is -0.137. The zero-order valence-corrected chi connectivity index (χ0v) is 7.55. The number of hydrogen-bond donors (Lipinski definition) is 1. The molecule has 2 rings (SSSR count). The van der Waals surface area contributed by atoms with Crippen molar-refractivity contribution in [2.45, 2.75) is 6.18 Å². The van der Waals surface area contributed by atoms with Crippen molar-refractivity contribution in [3.8, 4) is 0 Å². The van der Waals surface area contributed by atoms with Gasteiger partial charge in [0, 0.05) is 11.6 Å². The lowest BCUT2D eigenvalue weighted by atomic mass is 10.1. The van der Waals surface area contributed by atoms with Crippen molar-refractivity contribution in [1.29, 1.82) is 0 Å². The molecule has 1 aromatic heterocycles. The average Bonchev–Trinajstić information content (AvgIpc) is 2.16. The maximum Gasteiger partial charge on any atom is 0.416 e. The number of anilines is 1. The second-order valence-electron chi connectivity index (χ2n) is 3.14. The summed E-state index contributed by atoms with van der Waals surface area (Å²) in [5.74, 6) is 0. The topological polar surface area (TPSA) is 38.9 Å². The molecule has 0 amide bonds. The van der Waals surface area contributed by atoms with E-state index in [1.165, 1.54) is 6.20 Å².